The Kier molecular flexibility index (Phi) is 1.74. The van der Waals surface area contributed by atoms with Gasteiger partial charge in [0.25, 0.3) is 0 Å². The molecular formula is C18H13NS. The summed E-state index contributed by atoms with van der Waals surface area (Å²) in [6.07, 6.45) is 0. The first-order valence-corrected chi connectivity index (χ1v) is 7.04. The van der Waals surface area contributed by atoms with E-state index in [1.807, 2.05) is 30.3 Å². The normalized spacial score (nSPS) is 14.5. The van der Waals surface area contributed by atoms with Crippen LogP contribution in [0.3, 0.4) is 0 Å². The summed E-state index contributed by atoms with van der Waals surface area (Å²) in [6, 6.07) is 12.4. The molecule has 0 amide bonds. The number of fused-ring (bicyclic) bond motifs is 3. The van der Waals surface area contributed by atoms with Gasteiger partial charge in [0.1, 0.15) is 0 Å². The molecule has 3 aromatic carbocycles. The average Bonchev–Trinajstić information content (AvgIpc) is 3.00. The maximum atomic E-state index is 8.02. The van der Waals surface area contributed by atoms with Crippen molar-refractivity contribution in [3.05, 3.63) is 72.7 Å². The molecule has 0 bridgehead atoms. The molecule has 0 fully saturated rings. The van der Waals surface area contributed by atoms with Gasteiger partial charge in [0.05, 0.1) is 6.85 Å². The van der Waals surface area contributed by atoms with Crippen LogP contribution in [0, 0.1) is 0 Å². The summed E-state index contributed by atoms with van der Waals surface area (Å²) in [6.45, 7) is 0. The Morgan fingerprint density at radius 1 is 0.800 bits per heavy atom. The van der Waals surface area contributed by atoms with Crippen molar-refractivity contribution in [2.24, 2.45) is 0 Å². The van der Waals surface area contributed by atoms with Crippen molar-refractivity contribution in [3.8, 4) is 0 Å². The van der Waals surface area contributed by atoms with Crippen LogP contribution in [-0.4, -0.2) is 0 Å². The van der Waals surface area contributed by atoms with Crippen molar-refractivity contribution < 1.29 is 6.85 Å². The Morgan fingerprint density at radius 3 is 2.50 bits per heavy atom. The second-order valence-electron chi connectivity index (χ2n) is 4.43. The minimum atomic E-state index is -0.389. The molecule has 2 heteroatoms. The van der Waals surface area contributed by atoms with Crippen LogP contribution in [0.2, 0.25) is 0 Å². The van der Waals surface area contributed by atoms with Crippen molar-refractivity contribution >= 4 is 42.9 Å². The Labute approximate surface area is 128 Å². The summed E-state index contributed by atoms with van der Waals surface area (Å²) in [7, 11) is 0. The minimum absolute atomic E-state index is 0.0879. The summed E-state index contributed by atoms with van der Waals surface area (Å²) in [5.41, 5.74) is 0.777. The molecular weight excluding hydrogens is 262 g/mol. The molecule has 0 saturated heterocycles. The lowest BCUT2D eigenvalue weighted by molar-refractivity contribution is 1.57. The first-order chi connectivity index (χ1) is 12.0. The summed E-state index contributed by atoms with van der Waals surface area (Å²) < 4.78 is 41.6. The molecule has 4 aromatic rings. The highest BCUT2D eigenvalue weighted by molar-refractivity contribution is 7.25. The van der Waals surface area contributed by atoms with Gasteiger partial charge in [-0.15, -0.1) is 11.3 Å². The van der Waals surface area contributed by atoms with E-state index in [1.54, 1.807) is 11.3 Å². The highest BCUT2D eigenvalue weighted by atomic mass is 32.1. The predicted molar refractivity (Wildman–Crippen MR) is 89.1 cm³/mol. The zero-order valence-corrected chi connectivity index (χ0v) is 11.3. The second-order valence-corrected chi connectivity index (χ2v) is 5.52. The quantitative estimate of drug-likeness (QED) is 0.489. The van der Waals surface area contributed by atoms with Crippen molar-refractivity contribution in [1.82, 2.24) is 0 Å². The number of benzene rings is 3. The third kappa shape index (κ3) is 1.95. The van der Waals surface area contributed by atoms with Gasteiger partial charge in [-0.3, -0.25) is 0 Å². The van der Waals surface area contributed by atoms with E-state index in [2.05, 4.69) is 17.4 Å². The Hall–Kier alpha value is -2.32. The highest BCUT2D eigenvalue weighted by Crippen LogP contribution is 2.35. The molecule has 0 aliphatic carbocycles. The number of nitrogens with one attached hydrogen (secondary N) is 1. The highest BCUT2D eigenvalue weighted by Gasteiger charge is 2.05. The fraction of sp³-hybridized carbons (Fsp3) is 0. The number of para-hydroxylation sites is 1. The molecule has 20 heavy (non-hydrogen) atoms. The Morgan fingerprint density at radius 2 is 1.60 bits per heavy atom. The first kappa shape index (κ1) is 7.46. The standard InChI is InChI=1S/C18H13NS/c1-2-6-13(7-3-1)19-14-10-11-18-16(12-14)15-8-4-5-9-17(15)20-18/h1-12,19H/i1D,2D,3D,6D,7D. The van der Waals surface area contributed by atoms with Gasteiger partial charge in [-0.05, 0) is 36.4 Å². The molecule has 96 valence electrons. The van der Waals surface area contributed by atoms with Crippen LogP contribution in [0.15, 0.2) is 72.7 Å². The fourth-order valence-corrected chi connectivity index (χ4v) is 3.35. The van der Waals surface area contributed by atoms with Crippen LogP contribution < -0.4 is 5.32 Å². The van der Waals surface area contributed by atoms with Crippen LogP contribution >= 0.6 is 11.3 Å². The predicted octanol–water partition coefficient (Wildman–Crippen LogP) is 5.80. The van der Waals surface area contributed by atoms with Crippen LogP contribution in [0.1, 0.15) is 6.85 Å². The number of thiophene rings is 1. The van der Waals surface area contributed by atoms with E-state index in [-0.39, 0.29) is 35.9 Å². The molecule has 0 saturated carbocycles. The maximum Gasteiger partial charge on any atom is 0.0645 e. The molecule has 1 nitrogen and oxygen atoms in total. The van der Waals surface area contributed by atoms with Crippen LogP contribution in [-0.2, 0) is 0 Å². The minimum Gasteiger partial charge on any atom is -0.356 e. The SMILES string of the molecule is [2H]c1c([2H])c([2H])c(Nc2ccc3sc4ccccc4c3c2)c([2H])c1[2H]. The zero-order valence-electron chi connectivity index (χ0n) is 15.4. The van der Waals surface area contributed by atoms with Crippen LogP contribution in [0.25, 0.3) is 20.2 Å². The lowest BCUT2D eigenvalue weighted by atomic mass is 10.1. The smallest absolute Gasteiger partial charge is 0.0645 e. The first-order valence-electron chi connectivity index (χ1n) is 8.72. The van der Waals surface area contributed by atoms with E-state index in [4.69, 9.17) is 6.85 Å². The van der Waals surface area contributed by atoms with Gasteiger partial charge in [0.2, 0.25) is 0 Å². The van der Waals surface area contributed by atoms with E-state index in [9.17, 15) is 0 Å². The van der Waals surface area contributed by atoms with Gasteiger partial charge in [-0.2, -0.15) is 0 Å². The topological polar surface area (TPSA) is 12.0 Å². The lowest BCUT2D eigenvalue weighted by Gasteiger charge is -2.06. The van der Waals surface area contributed by atoms with E-state index in [0.717, 1.165) is 15.5 Å². The number of hydrogen-bond donors (Lipinski definition) is 1. The van der Waals surface area contributed by atoms with Crippen molar-refractivity contribution in [1.29, 1.82) is 0 Å². The lowest BCUT2D eigenvalue weighted by Crippen LogP contribution is -1.88. The number of hydrogen-bond acceptors (Lipinski definition) is 2. The van der Waals surface area contributed by atoms with Gasteiger partial charge in [-0.1, -0.05) is 36.3 Å². The van der Waals surface area contributed by atoms with Gasteiger partial charge in [0, 0.05) is 31.5 Å². The zero-order chi connectivity index (χ0) is 17.7. The molecule has 0 unspecified atom stereocenters. The molecule has 1 aromatic heterocycles. The van der Waals surface area contributed by atoms with Crippen LogP contribution in [0.5, 0.6) is 0 Å². The molecule has 1 heterocycles. The number of rotatable bonds is 2. The Balaban J connectivity index is 1.85. The van der Waals surface area contributed by atoms with Crippen molar-refractivity contribution in [3.63, 3.8) is 0 Å². The van der Waals surface area contributed by atoms with Crippen LogP contribution in [0.4, 0.5) is 11.4 Å². The molecule has 0 atom stereocenters. The van der Waals surface area contributed by atoms with Crippen molar-refractivity contribution in [2.45, 2.75) is 0 Å². The monoisotopic (exact) mass is 280 g/mol. The summed E-state index contributed by atoms with van der Waals surface area (Å²) in [5.74, 6) is 0. The molecule has 4 rings (SSSR count). The number of anilines is 2. The van der Waals surface area contributed by atoms with Gasteiger partial charge < -0.3 is 5.32 Å². The third-order valence-corrected chi connectivity index (χ3v) is 4.30. The average molecular weight is 280 g/mol. The van der Waals surface area contributed by atoms with Gasteiger partial charge >= 0.3 is 0 Å². The molecule has 0 spiro atoms. The molecule has 1 N–H and O–H groups in total. The van der Waals surface area contributed by atoms with E-state index < -0.39 is 0 Å². The molecule has 0 aliphatic heterocycles. The van der Waals surface area contributed by atoms with Crippen molar-refractivity contribution in [2.75, 3.05) is 5.32 Å². The second kappa shape index (κ2) is 4.66. The molecule has 0 aliphatic rings. The third-order valence-electron chi connectivity index (χ3n) is 3.15. The van der Waals surface area contributed by atoms with E-state index in [0.29, 0.717) is 5.69 Å². The fourth-order valence-electron chi connectivity index (χ4n) is 2.26. The van der Waals surface area contributed by atoms with Gasteiger partial charge in [0.15, 0.2) is 0 Å². The van der Waals surface area contributed by atoms with Gasteiger partial charge in [-0.25, -0.2) is 0 Å². The Bertz CT molecular complexity index is 1110. The van der Waals surface area contributed by atoms with E-state index in [1.165, 1.54) is 4.70 Å². The summed E-state index contributed by atoms with van der Waals surface area (Å²) in [5, 5.41) is 5.23. The largest absolute Gasteiger partial charge is 0.356 e. The van der Waals surface area contributed by atoms with E-state index >= 15 is 0 Å². The summed E-state index contributed by atoms with van der Waals surface area (Å²) in [4.78, 5) is 0. The molecule has 0 radical (unpaired) electrons. The maximum absolute atomic E-state index is 8.02. The summed E-state index contributed by atoms with van der Waals surface area (Å²) >= 11 is 1.70.